The molecular formula is C57H104NO8P. The highest BCUT2D eigenvalue weighted by molar-refractivity contribution is 7.47. The number of rotatable bonds is 52. The molecule has 0 aromatic heterocycles. The van der Waals surface area contributed by atoms with Gasteiger partial charge in [0.15, 0.2) is 6.10 Å². The number of carbonyl (C=O) groups excluding carboxylic acids is 2. The molecule has 2 atom stereocenters. The predicted molar refractivity (Wildman–Crippen MR) is 284 cm³/mol. The maximum Gasteiger partial charge on any atom is 0.472 e. The van der Waals surface area contributed by atoms with E-state index in [1.165, 1.54) is 167 Å². The minimum absolute atomic E-state index is 0.0453. The van der Waals surface area contributed by atoms with E-state index in [1.54, 1.807) is 0 Å². The van der Waals surface area contributed by atoms with Crippen LogP contribution >= 0.6 is 7.82 Å². The number of hydrogen-bond acceptors (Lipinski definition) is 8. The van der Waals surface area contributed by atoms with Gasteiger partial charge in [0.1, 0.15) is 6.61 Å². The fraction of sp³-hybridized carbons (Fsp3) is 0.789. The zero-order valence-corrected chi connectivity index (χ0v) is 44.3. The van der Waals surface area contributed by atoms with Crippen LogP contribution in [0.3, 0.4) is 0 Å². The van der Waals surface area contributed by atoms with E-state index in [1.807, 2.05) is 0 Å². The van der Waals surface area contributed by atoms with Crippen molar-refractivity contribution in [3.63, 3.8) is 0 Å². The molecule has 0 fully saturated rings. The third kappa shape index (κ3) is 52.9. The monoisotopic (exact) mass is 962 g/mol. The highest BCUT2D eigenvalue weighted by atomic mass is 31.2. The van der Waals surface area contributed by atoms with Crippen molar-refractivity contribution in [2.45, 2.75) is 264 Å². The minimum atomic E-state index is -4.40. The summed E-state index contributed by atoms with van der Waals surface area (Å²) in [4.78, 5) is 35.0. The summed E-state index contributed by atoms with van der Waals surface area (Å²) in [7, 11) is -4.40. The second kappa shape index (κ2) is 53.1. The van der Waals surface area contributed by atoms with Crippen molar-refractivity contribution in [3.05, 3.63) is 60.8 Å². The van der Waals surface area contributed by atoms with Gasteiger partial charge in [-0.3, -0.25) is 18.6 Å². The first-order chi connectivity index (χ1) is 32.8. The standard InChI is InChI=1S/C57H104NO8P/c1-3-5-7-9-11-13-15-17-19-20-21-22-23-24-25-26-27-28-29-30-31-32-33-34-36-37-39-41-43-45-47-49-56(59)63-53-55(54-65-67(61,62)64-52-51-58)66-57(60)50-48-46-44-42-40-38-35-18-16-14-12-10-8-6-4-2/h6,8,12,14,18,20-21,35,40,42,55H,3-5,7,9-11,13,15-17,19,22-34,36-39,41,43-54,58H2,1-2H3,(H,61,62)/b8-6-,14-12-,21-20-,35-18-,42-40-. The number of phosphoric ester groups is 1. The number of ether oxygens (including phenoxy) is 2. The number of allylic oxidation sites excluding steroid dienone is 10. The fourth-order valence-electron chi connectivity index (χ4n) is 7.80. The molecular weight excluding hydrogens is 858 g/mol. The Labute approximate surface area is 412 Å². The molecule has 0 aliphatic rings. The Morgan fingerprint density at radius 2 is 0.821 bits per heavy atom. The molecule has 0 aliphatic carbocycles. The summed E-state index contributed by atoms with van der Waals surface area (Å²) in [6.07, 6.45) is 65.9. The van der Waals surface area contributed by atoms with E-state index in [9.17, 15) is 19.0 Å². The zero-order chi connectivity index (χ0) is 48.8. The summed E-state index contributed by atoms with van der Waals surface area (Å²) in [5.41, 5.74) is 5.36. The predicted octanol–water partition coefficient (Wildman–Crippen LogP) is 17.2. The van der Waals surface area contributed by atoms with Crippen molar-refractivity contribution >= 4 is 19.8 Å². The molecule has 67 heavy (non-hydrogen) atoms. The lowest BCUT2D eigenvalue weighted by atomic mass is 10.0. The Morgan fingerprint density at radius 3 is 1.27 bits per heavy atom. The number of carbonyl (C=O) groups is 2. The van der Waals surface area contributed by atoms with E-state index in [0.717, 1.165) is 57.8 Å². The van der Waals surface area contributed by atoms with Crippen LogP contribution in [-0.4, -0.2) is 49.3 Å². The molecule has 9 nitrogen and oxygen atoms in total. The summed E-state index contributed by atoms with van der Waals surface area (Å²) < 4.78 is 32.9. The topological polar surface area (TPSA) is 134 Å². The molecule has 0 saturated carbocycles. The zero-order valence-electron chi connectivity index (χ0n) is 43.4. The number of unbranched alkanes of at least 4 members (excludes halogenated alkanes) is 29. The van der Waals surface area contributed by atoms with Crippen LogP contribution < -0.4 is 5.73 Å². The number of phosphoric acid groups is 1. The number of hydrogen-bond donors (Lipinski definition) is 2. The van der Waals surface area contributed by atoms with Crippen LogP contribution in [0.15, 0.2) is 60.8 Å². The van der Waals surface area contributed by atoms with Crippen LogP contribution in [-0.2, 0) is 32.7 Å². The van der Waals surface area contributed by atoms with Gasteiger partial charge in [0.25, 0.3) is 0 Å². The second-order valence-electron chi connectivity index (χ2n) is 18.4. The van der Waals surface area contributed by atoms with Gasteiger partial charge in [-0.25, -0.2) is 4.57 Å². The Balaban J connectivity index is 3.90. The highest BCUT2D eigenvalue weighted by Gasteiger charge is 2.26. The molecule has 3 N–H and O–H groups in total. The molecule has 0 rings (SSSR count). The van der Waals surface area contributed by atoms with Gasteiger partial charge in [-0.05, 0) is 77.0 Å². The summed E-state index contributed by atoms with van der Waals surface area (Å²) in [5.74, 6) is -0.871. The molecule has 0 bridgehead atoms. The average Bonchev–Trinajstić information content (AvgIpc) is 3.32. The van der Waals surface area contributed by atoms with Crippen LogP contribution in [0.1, 0.15) is 258 Å². The smallest absolute Gasteiger partial charge is 0.462 e. The minimum Gasteiger partial charge on any atom is -0.462 e. The van der Waals surface area contributed by atoms with Crippen molar-refractivity contribution in [2.24, 2.45) is 5.73 Å². The normalized spacial score (nSPS) is 13.6. The van der Waals surface area contributed by atoms with Crippen LogP contribution in [0.25, 0.3) is 0 Å². The molecule has 0 heterocycles. The van der Waals surface area contributed by atoms with Gasteiger partial charge in [0.2, 0.25) is 0 Å². The van der Waals surface area contributed by atoms with Crippen molar-refractivity contribution in [3.8, 4) is 0 Å². The Kier molecular flexibility index (Phi) is 51.3. The van der Waals surface area contributed by atoms with E-state index in [-0.39, 0.29) is 38.6 Å². The van der Waals surface area contributed by atoms with E-state index >= 15 is 0 Å². The van der Waals surface area contributed by atoms with Gasteiger partial charge >= 0.3 is 19.8 Å². The largest absolute Gasteiger partial charge is 0.472 e. The lowest BCUT2D eigenvalue weighted by Gasteiger charge is -2.19. The van der Waals surface area contributed by atoms with Gasteiger partial charge in [-0.2, -0.15) is 0 Å². The first-order valence-electron chi connectivity index (χ1n) is 27.8. The van der Waals surface area contributed by atoms with Gasteiger partial charge in [0, 0.05) is 19.4 Å². The molecule has 2 unspecified atom stereocenters. The van der Waals surface area contributed by atoms with E-state index in [2.05, 4.69) is 74.6 Å². The molecule has 10 heteroatoms. The average molecular weight is 962 g/mol. The highest BCUT2D eigenvalue weighted by Crippen LogP contribution is 2.43. The fourth-order valence-corrected chi connectivity index (χ4v) is 8.56. The molecule has 0 aliphatic heterocycles. The lowest BCUT2D eigenvalue weighted by Crippen LogP contribution is -2.29. The maximum absolute atomic E-state index is 12.6. The van der Waals surface area contributed by atoms with Crippen molar-refractivity contribution in [1.29, 1.82) is 0 Å². The van der Waals surface area contributed by atoms with E-state index in [4.69, 9.17) is 24.3 Å². The third-order valence-corrected chi connectivity index (χ3v) is 12.9. The Morgan fingerprint density at radius 1 is 0.463 bits per heavy atom. The third-order valence-electron chi connectivity index (χ3n) is 11.9. The molecule has 0 radical (unpaired) electrons. The Hall–Kier alpha value is -2.29. The summed E-state index contributed by atoms with van der Waals surface area (Å²) in [6.45, 7) is 3.59. The van der Waals surface area contributed by atoms with Crippen molar-refractivity contribution in [1.82, 2.24) is 0 Å². The molecule has 0 aromatic carbocycles. The van der Waals surface area contributed by atoms with Gasteiger partial charge in [0.05, 0.1) is 13.2 Å². The quantitative estimate of drug-likeness (QED) is 0.0264. The lowest BCUT2D eigenvalue weighted by molar-refractivity contribution is -0.161. The van der Waals surface area contributed by atoms with Crippen LogP contribution in [0.5, 0.6) is 0 Å². The SMILES string of the molecule is CC/C=C\C/C=C\C/C=C\C/C=C\CCCCC(=O)OC(COC(=O)CCCCCCCCCCCCCCCCCCCCC/C=C\CCCCCCCCCC)COP(=O)(O)OCCN. The van der Waals surface area contributed by atoms with Crippen LogP contribution in [0, 0.1) is 0 Å². The van der Waals surface area contributed by atoms with Gasteiger partial charge < -0.3 is 20.1 Å². The molecule has 0 amide bonds. The van der Waals surface area contributed by atoms with Gasteiger partial charge in [-0.15, -0.1) is 0 Å². The maximum atomic E-state index is 12.6. The summed E-state index contributed by atoms with van der Waals surface area (Å²) in [6, 6.07) is 0. The van der Waals surface area contributed by atoms with Crippen molar-refractivity contribution < 1.29 is 37.6 Å². The number of nitrogens with two attached hydrogens (primary N) is 1. The first-order valence-corrected chi connectivity index (χ1v) is 29.3. The molecule has 0 saturated heterocycles. The van der Waals surface area contributed by atoms with Gasteiger partial charge in [-0.1, -0.05) is 229 Å². The van der Waals surface area contributed by atoms with Crippen LogP contribution in [0.4, 0.5) is 0 Å². The van der Waals surface area contributed by atoms with E-state index < -0.39 is 26.5 Å². The summed E-state index contributed by atoms with van der Waals surface area (Å²) >= 11 is 0. The first kappa shape index (κ1) is 64.7. The number of esters is 2. The second-order valence-corrected chi connectivity index (χ2v) is 19.9. The van der Waals surface area contributed by atoms with E-state index in [0.29, 0.717) is 6.42 Å². The Bertz CT molecular complexity index is 1280. The molecule has 0 aromatic rings. The molecule has 390 valence electrons. The molecule has 0 spiro atoms. The summed E-state index contributed by atoms with van der Waals surface area (Å²) in [5, 5.41) is 0. The van der Waals surface area contributed by atoms with Crippen LogP contribution in [0.2, 0.25) is 0 Å². The van der Waals surface area contributed by atoms with Crippen molar-refractivity contribution in [2.75, 3.05) is 26.4 Å².